The Morgan fingerprint density at radius 2 is 2.12 bits per heavy atom. The Balaban J connectivity index is 2.21. The maximum absolute atomic E-state index is 8.60. The van der Waals surface area contributed by atoms with Gasteiger partial charge in [0.2, 0.25) is 5.66 Å². The molecular weight excluding hydrogens is 104 g/mol. The van der Waals surface area contributed by atoms with Crippen molar-refractivity contribution in [1.82, 2.24) is 0 Å². The minimum atomic E-state index is -0.352. The smallest absolute Gasteiger partial charge is 0.213 e. The lowest BCUT2D eigenvalue weighted by Gasteiger charge is -2.01. The second-order valence-corrected chi connectivity index (χ2v) is 2.09. The van der Waals surface area contributed by atoms with Crippen LogP contribution in [0.1, 0.15) is 19.8 Å². The van der Waals surface area contributed by atoms with Crippen molar-refractivity contribution in [3.8, 4) is 0 Å². The zero-order valence-electron chi connectivity index (χ0n) is 4.96. The molecular formula is C5H10N2O. The molecule has 0 aliphatic carbocycles. The summed E-state index contributed by atoms with van der Waals surface area (Å²) in [5.41, 5.74) is -0.352. The highest BCUT2D eigenvalue weighted by Gasteiger charge is 2.37. The summed E-state index contributed by atoms with van der Waals surface area (Å²) in [6.45, 7) is 2.14. The molecule has 0 saturated heterocycles. The molecule has 46 valence electrons. The van der Waals surface area contributed by atoms with Crippen LogP contribution in [0.15, 0.2) is 10.2 Å². The molecule has 1 aliphatic heterocycles. The highest BCUT2D eigenvalue weighted by atomic mass is 16.3. The summed E-state index contributed by atoms with van der Waals surface area (Å²) in [6.07, 6.45) is 1.93. The summed E-state index contributed by atoms with van der Waals surface area (Å²) in [5.74, 6) is 0. The Morgan fingerprint density at radius 1 is 1.50 bits per heavy atom. The molecule has 1 N–H and O–H groups in total. The van der Waals surface area contributed by atoms with E-state index in [0.29, 0.717) is 0 Å². The zero-order chi connectivity index (χ0) is 6.04. The van der Waals surface area contributed by atoms with Crippen molar-refractivity contribution in [2.24, 2.45) is 10.2 Å². The number of aliphatic hydroxyl groups is 1. The van der Waals surface area contributed by atoms with Crippen LogP contribution < -0.4 is 0 Å². The first-order valence-electron chi connectivity index (χ1n) is 2.88. The van der Waals surface area contributed by atoms with E-state index in [2.05, 4.69) is 17.2 Å². The summed E-state index contributed by atoms with van der Waals surface area (Å²) < 4.78 is 0. The number of rotatable bonds is 3. The van der Waals surface area contributed by atoms with E-state index < -0.39 is 0 Å². The van der Waals surface area contributed by atoms with Gasteiger partial charge in [0.15, 0.2) is 0 Å². The van der Waals surface area contributed by atoms with Crippen molar-refractivity contribution in [3.05, 3.63) is 0 Å². The zero-order valence-corrected chi connectivity index (χ0v) is 4.96. The Hall–Kier alpha value is -0.440. The van der Waals surface area contributed by atoms with Gasteiger partial charge in [0.25, 0.3) is 0 Å². The van der Waals surface area contributed by atoms with Crippen LogP contribution in [0.5, 0.6) is 0 Å². The molecule has 8 heavy (non-hydrogen) atoms. The third-order valence-electron chi connectivity index (χ3n) is 1.29. The Labute approximate surface area is 48.4 Å². The SMILES string of the molecule is CCCC1(CO)N=N1. The molecule has 0 amide bonds. The van der Waals surface area contributed by atoms with Gasteiger partial charge in [-0.25, -0.2) is 0 Å². The molecule has 1 aliphatic rings. The van der Waals surface area contributed by atoms with E-state index in [1.807, 2.05) is 0 Å². The van der Waals surface area contributed by atoms with Crippen LogP contribution in [-0.2, 0) is 0 Å². The summed E-state index contributed by atoms with van der Waals surface area (Å²) >= 11 is 0. The van der Waals surface area contributed by atoms with Gasteiger partial charge in [-0.05, 0) is 6.42 Å². The molecule has 0 bridgehead atoms. The van der Waals surface area contributed by atoms with E-state index in [0.717, 1.165) is 12.8 Å². The summed E-state index contributed by atoms with van der Waals surface area (Å²) in [7, 11) is 0. The van der Waals surface area contributed by atoms with Gasteiger partial charge in [0.1, 0.15) is 0 Å². The monoisotopic (exact) mass is 114 g/mol. The van der Waals surface area contributed by atoms with Crippen LogP contribution in [0, 0.1) is 0 Å². The molecule has 0 radical (unpaired) electrons. The average molecular weight is 114 g/mol. The number of aliphatic hydroxyl groups excluding tert-OH is 1. The van der Waals surface area contributed by atoms with Crippen molar-refractivity contribution in [2.45, 2.75) is 25.4 Å². The van der Waals surface area contributed by atoms with Crippen molar-refractivity contribution in [3.63, 3.8) is 0 Å². The normalized spacial score (nSPS) is 21.2. The third-order valence-corrected chi connectivity index (χ3v) is 1.29. The average Bonchev–Trinajstić information content (AvgIpc) is 2.50. The molecule has 0 fully saturated rings. The first-order chi connectivity index (χ1) is 3.83. The summed E-state index contributed by atoms with van der Waals surface area (Å²) in [6, 6.07) is 0. The molecule has 1 rings (SSSR count). The molecule has 0 aromatic rings. The van der Waals surface area contributed by atoms with Gasteiger partial charge in [0.05, 0.1) is 6.61 Å². The lowest BCUT2D eigenvalue weighted by atomic mass is 10.1. The van der Waals surface area contributed by atoms with Crippen molar-refractivity contribution in [2.75, 3.05) is 6.61 Å². The van der Waals surface area contributed by atoms with E-state index in [1.54, 1.807) is 0 Å². The topological polar surface area (TPSA) is 45.0 Å². The first-order valence-corrected chi connectivity index (χ1v) is 2.88. The van der Waals surface area contributed by atoms with Crippen LogP contribution in [0.25, 0.3) is 0 Å². The molecule has 0 atom stereocenters. The highest BCUT2D eigenvalue weighted by molar-refractivity contribution is 4.91. The van der Waals surface area contributed by atoms with E-state index in [-0.39, 0.29) is 12.3 Å². The predicted molar refractivity (Wildman–Crippen MR) is 29.6 cm³/mol. The fourth-order valence-corrected chi connectivity index (χ4v) is 0.713. The number of hydrogen-bond acceptors (Lipinski definition) is 3. The van der Waals surface area contributed by atoms with Gasteiger partial charge in [0, 0.05) is 0 Å². The number of nitrogens with zero attached hydrogens (tertiary/aromatic N) is 2. The molecule has 1 heterocycles. The minimum Gasteiger partial charge on any atom is -0.392 e. The largest absolute Gasteiger partial charge is 0.392 e. The Bertz CT molecular complexity index is 105. The van der Waals surface area contributed by atoms with Gasteiger partial charge in [-0.2, -0.15) is 10.2 Å². The third kappa shape index (κ3) is 0.865. The van der Waals surface area contributed by atoms with Gasteiger partial charge in [-0.15, -0.1) is 0 Å². The predicted octanol–water partition coefficient (Wildman–Crippen LogP) is 0.941. The maximum Gasteiger partial charge on any atom is 0.213 e. The van der Waals surface area contributed by atoms with Crippen LogP contribution in [-0.4, -0.2) is 17.4 Å². The van der Waals surface area contributed by atoms with Crippen molar-refractivity contribution < 1.29 is 5.11 Å². The van der Waals surface area contributed by atoms with Gasteiger partial charge in [-0.3, -0.25) is 0 Å². The minimum absolute atomic E-state index is 0.0842. The van der Waals surface area contributed by atoms with Crippen molar-refractivity contribution >= 4 is 0 Å². The van der Waals surface area contributed by atoms with Crippen LogP contribution in [0.4, 0.5) is 0 Å². The second kappa shape index (κ2) is 1.82. The molecule has 0 spiro atoms. The second-order valence-electron chi connectivity index (χ2n) is 2.09. The van der Waals surface area contributed by atoms with Gasteiger partial charge in [-0.1, -0.05) is 13.3 Å². The fourth-order valence-electron chi connectivity index (χ4n) is 0.713. The van der Waals surface area contributed by atoms with E-state index in [4.69, 9.17) is 5.11 Å². The first kappa shape index (κ1) is 5.69. The highest BCUT2D eigenvalue weighted by Crippen LogP contribution is 2.31. The summed E-state index contributed by atoms with van der Waals surface area (Å²) in [4.78, 5) is 0. The quantitative estimate of drug-likeness (QED) is 0.583. The molecule has 0 aromatic carbocycles. The van der Waals surface area contributed by atoms with Gasteiger partial charge >= 0.3 is 0 Å². The van der Waals surface area contributed by atoms with Crippen molar-refractivity contribution in [1.29, 1.82) is 0 Å². The number of hydrogen-bond donors (Lipinski definition) is 1. The molecule has 0 saturated carbocycles. The molecule has 0 unspecified atom stereocenters. The lowest BCUT2D eigenvalue weighted by Crippen LogP contribution is -2.15. The molecule has 3 nitrogen and oxygen atoms in total. The van der Waals surface area contributed by atoms with Crippen LogP contribution >= 0.6 is 0 Å². The standard InChI is InChI=1S/C5H10N2O/c1-2-3-5(4-8)6-7-5/h8H,2-4H2,1H3. The van der Waals surface area contributed by atoms with E-state index in [9.17, 15) is 0 Å². The maximum atomic E-state index is 8.60. The Kier molecular flexibility index (Phi) is 1.29. The Morgan fingerprint density at radius 3 is 2.25 bits per heavy atom. The fraction of sp³-hybridized carbons (Fsp3) is 1.00. The van der Waals surface area contributed by atoms with Crippen LogP contribution in [0.3, 0.4) is 0 Å². The van der Waals surface area contributed by atoms with E-state index in [1.165, 1.54) is 0 Å². The molecule has 3 heteroatoms. The molecule has 0 aromatic heterocycles. The van der Waals surface area contributed by atoms with E-state index >= 15 is 0 Å². The lowest BCUT2D eigenvalue weighted by molar-refractivity contribution is 0.236. The summed E-state index contributed by atoms with van der Waals surface area (Å²) in [5, 5.41) is 16.0. The van der Waals surface area contributed by atoms with Gasteiger partial charge < -0.3 is 5.11 Å². The van der Waals surface area contributed by atoms with Crippen LogP contribution in [0.2, 0.25) is 0 Å².